The molecule has 2 aliphatic rings. The Bertz CT molecular complexity index is 679. The monoisotopic (exact) mass is 362 g/mol. The maximum atomic E-state index is 11.7. The van der Waals surface area contributed by atoms with E-state index in [1.54, 1.807) is 12.1 Å². The Morgan fingerprint density at radius 1 is 1.16 bits per heavy atom. The van der Waals surface area contributed by atoms with Gasteiger partial charge in [-0.25, -0.2) is 4.99 Å². The largest absolute Gasteiger partial charge is 0.368 e. The molecule has 1 aromatic carbocycles. The van der Waals surface area contributed by atoms with Crippen molar-refractivity contribution in [3.05, 3.63) is 40.7 Å². The molecule has 1 aromatic rings. The molecule has 0 bridgehead atoms. The van der Waals surface area contributed by atoms with Crippen LogP contribution in [0.3, 0.4) is 0 Å². The van der Waals surface area contributed by atoms with Crippen LogP contribution < -0.4 is 27.4 Å². The molecule has 1 amide bonds. The van der Waals surface area contributed by atoms with Gasteiger partial charge in [0.2, 0.25) is 0 Å². The molecular weight excluding hydrogens is 340 g/mol. The highest BCUT2D eigenvalue weighted by Crippen LogP contribution is 2.19. The molecule has 7 nitrogen and oxygen atoms in total. The number of primary amides is 1. The second-order valence-electron chi connectivity index (χ2n) is 6.39. The fourth-order valence-electron chi connectivity index (χ4n) is 3.02. The average molecular weight is 363 g/mol. The number of anilines is 1. The molecule has 1 aliphatic carbocycles. The van der Waals surface area contributed by atoms with Gasteiger partial charge < -0.3 is 27.4 Å². The number of amides is 1. The first-order valence-corrected chi connectivity index (χ1v) is 8.77. The van der Waals surface area contributed by atoms with Crippen molar-refractivity contribution in [3.8, 4) is 0 Å². The van der Waals surface area contributed by atoms with Crippen LogP contribution in [0.1, 0.15) is 25.7 Å². The first-order chi connectivity index (χ1) is 12.0. The fourth-order valence-corrected chi connectivity index (χ4v) is 3.14. The smallest absolute Gasteiger partial charge is 0.253 e. The Hall–Kier alpha value is -2.25. The van der Waals surface area contributed by atoms with Gasteiger partial charge in [-0.2, -0.15) is 0 Å². The van der Waals surface area contributed by atoms with Crippen molar-refractivity contribution in [2.75, 3.05) is 5.32 Å². The van der Waals surface area contributed by atoms with E-state index in [0.29, 0.717) is 16.4 Å². The van der Waals surface area contributed by atoms with Crippen LogP contribution in [0.2, 0.25) is 5.02 Å². The van der Waals surface area contributed by atoms with Crippen molar-refractivity contribution >= 4 is 29.4 Å². The zero-order valence-corrected chi connectivity index (χ0v) is 14.6. The summed E-state index contributed by atoms with van der Waals surface area (Å²) < 4.78 is 0. The van der Waals surface area contributed by atoms with Crippen LogP contribution in [0, 0.1) is 0 Å². The molecule has 7 N–H and O–H groups in total. The first kappa shape index (κ1) is 17.6. The third-order valence-electron chi connectivity index (χ3n) is 4.44. The van der Waals surface area contributed by atoms with E-state index in [0.717, 1.165) is 31.4 Å². The van der Waals surface area contributed by atoms with Crippen LogP contribution in [0.4, 0.5) is 5.69 Å². The lowest BCUT2D eigenvalue weighted by Gasteiger charge is -2.32. The number of nitrogens with two attached hydrogens (primary N) is 2. The fraction of sp³-hybridized carbons (Fsp3) is 0.412. The molecule has 3 rings (SSSR count). The summed E-state index contributed by atoms with van der Waals surface area (Å²) in [6, 6.07) is 7.85. The molecular formula is C17H23ClN6O. The van der Waals surface area contributed by atoms with E-state index in [9.17, 15) is 4.79 Å². The minimum atomic E-state index is -0.517. The Labute approximate surface area is 151 Å². The van der Waals surface area contributed by atoms with Crippen LogP contribution in [-0.4, -0.2) is 30.5 Å². The van der Waals surface area contributed by atoms with E-state index in [-0.39, 0.29) is 12.1 Å². The molecule has 0 spiro atoms. The maximum absolute atomic E-state index is 11.7. The normalized spacial score (nSPS) is 26.1. The highest BCUT2D eigenvalue weighted by molar-refractivity contribution is 6.30. The van der Waals surface area contributed by atoms with E-state index in [1.807, 2.05) is 12.1 Å². The van der Waals surface area contributed by atoms with Crippen LogP contribution in [0.5, 0.6) is 0 Å². The molecule has 8 heteroatoms. The lowest BCUT2D eigenvalue weighted by molar-refractivity contribution is -0.114. The molecule has 1 aliphatic heterocycles. The summed E-state index contributed by atoms with van der Waals surface area (Å²) in [4.78, 5) is 16.0. The number of hydrogen-bond donors (Lipinski definition) is 5. The zero-order valence-electron chi connectivity index (χ0n) is 13.8. The summed E-state index contributed by atoms with van der Waals surface area (Å²) in [6.07, 6.45) is 4.96. The third-order valence-corrected chi connectivity index (χ3v) is 4.69. The van der Waals surface area contributed by atoms with Crippen molar-refractivity contribution in [2.24, 2.45) is 16.5 Å². The van der Waals surface area contributed by atoms with Gasteiger partial charge in [-0.05, 0) is 49.9 Å². The zero-order chi connectivity index (χ0) is 17.8. The van der Waals surface area contributed by atoms with Crippen LogP contribution in [-0.2, 0) is 4.79 Å². The summed E-state index contributed by atoms with van der Waals surface area (Å²) in [7, 11) is 0. The number of nitrogens with one attached hydrogen (secondary N) is 3. The molecule has 0 radical (unpaired) electrons. The van der Waals surface area contributed by atoms with Gasteiger partial charge in [-0.3, -0.25) is 4.79 Å². The van der Waals surface area contributed by atoms with Gasteiger partial charge in [0.05, 0.1) is 5.57 Å². The molecule has 1 atom stereocenters. The van der Waals surface area contributed by atoms with E-state index in [1.165, 1.54) is 6.21 Å². The van der Waals surface area contributed by atoms with Crippen LogP contribution in [0.25, 0.3) is 0 Å². The summed E-state index contributed by atoms with van der Waals surface area (Å²) in [5.74, 6) is 0.0886. The minimum absolute atomic E-state index is 0.263. The number of carbonyl (C=O) groups excluding carboxylic acids is 1. The lowest BCUT2D eigenvalue weighted by Crippen LogP contribution is -2.48. The molecule has 1 unspecified atom stereocenters. The van der Waals surface area contributed by atoms with E-state index >= 15 is 0 Å². The van der Waals surface area contributed by atoms with Gasteiger partial charge in [0.25, 0.3) is 5.91 Å². The predicted octanol–water partition coefficient (Wildman–Crippen LogP) is 1.27. The van der Waals surface area contributed by atoms with Crippen LogP contribution >= 0.6 is 11.6 Å². The molecule has 1 saturated carbocycles. The lowest BCUT2D eigenvalue weighted by atomic mass is 9.92. The summed E-state index contributed by atoms with van der Waals surface area (Å²) in [6.45, 7) is 0. The SMILES string of the molecule is NC(=O)C1=C(NC2CCC(N)CC2)NC(Nc2ccc(Cl)cc2)N=C1. The summed E-state index contributed by atoms with van der Waals surface area (Å²) in [5.41, 5.74) is 12.6. The van der Waals surface area contributed by atoms with Crippen molar-refractivity contribution in [1.82, 2.24) is 10.6 Å². The minimum Gasteiger partial charge on any atom is -0.368 e. The predicted molar refractivity (Wildman–Crippen MR) is 100 cm³/mol. The van der Waals surface area contributed by atoms with Crippen molar-refractivity contribution in [1.29, 1.82) is 0 Å². The summed E-state index contributed by atoms with van der Waals surface area (Å²) >= 11 is 5.90. The van der Waals surface area contributed by atoms with Crippen LogP contribution in [0.15, 0.2) is 40.7 Å². The Balaban J connectivity index is 1.68. The highest BCUT2D eigenvalue weighted by atomic mass is 35.5. The number of rotatable bonds is 5. The van der Waals surface area contributed by atoms with Gasteiger partial charge in [0.1, 0.15) is 5.82 Å². The molecule has 0 aromatic heterocycles. The molecule has 0 saturated heterocycles. The van der Waals surface area contributed by atoms with Gasteiger partial charge in [0.15, 0.2) is 6.29 Å². The van der Waals surface area contributed by atoms with Gasteiger partial charge >= 0.3 is 0 Å². The Morgan fingerprint density at radius 3 is 2.48 bits per heavy atom. The first-order valence-electron chi connectivity index (χ1n) is 8.39. The van der Waals surface area contributed by atoms with E-state index in [2.05, 4.69) is 20.9 Å². The number of aliphatic imine (C=N–C) groups is 1. The number of carbonyl (C=O) groups is 1. The average Bonchev–Trinajstić information content (AvgIpc) is 2.59. The second kappa shape index (κ2) is 7.76. The Kier molecular flexibility index (Phi) is 5.45. The maximum Gasteiger partial charge on any atom is 0.253 e. The topological polar surface area (TPSA) is 118 Å². The van der Waals surface area contributed by atoms with E-state index in [4.69, 9.17) is 23.1 Å². The number of hydrogen-bond acceptors (Lipinski definition) is 6. The third kappa shape index (κ3) is 4.64. The molecule has 1 heterocycles. The molecule has 1 fully saturated rings. The number of nitrogens with zero attached hydrogens (tertiary/aromatic N) is 1. The highest BCUT2D eigenvalue weighted by Gasteiger charge is 2.24. The Morgan fingerprint density at radius 2 is 1.84 bits per heavy atom. The summed E-state index contributed by atoms with van der Waals surface area (Å²) in [5, 5.41) is 10.5. The van der Waals surface area contributed by atoms with Gasteiger partial charge in [-0.1, -0.05) is 11.6 Å². The van der Waals surface area contributed by atoms with Crippen molar-refractivity contribution in [2.45, 2.75) is 44.1 Å². The van der Waals surface area contributed by atoms with E-state index < -0.39 is 12.2 Å². The molecule has 134 valence electrons. The second-order valence-corrected chi connectivity index (χ2v) is 6.82. The quantitative estimate of drug-likeness (QED) is 0.540. The standard InChI is InChI=1S/C17H23ClN6O/c18-10-1-5-13(6-2-10)23-17-21-9-14(15(20)25)16(24-17)22-12-7-3-11(19)4-8-12/h1-2,5-6,9,11-12,17,22-24H,3-4,7-8,19H2,(H2,20,25). The van der Waals surface area contributed by atoms with Crippen molar-refractivity contribution in [3.63, 3.8) is 0 Å². The number of halogens is 1. The van der Waals surface area contributed by atoms with Crippen molar-refractivity contribution < 1.29 is 4.79 Å². The van der Waals surface area contributed by atoms with Gasteiger partial charge in [0, 0.05) is 29.0 Å². The molecule has 25 heavy (non-hydrogen) atoms. The number of benzene rings is 1. The van der Waals surface area contributed by atoms with Gasteiger partial charge in [-0.15, -0.1) is 0 Å².